The largest absolute Gasteiger partial charge is 0.395 e. The molecule has 2 N–H and O–H groups in total. The number of aliphatic hydroxyl groups is 1. The molecule has 1 heterocycles. The van der Waals surface area contributed by atoms with Gasteiger partial charge in [-0.15, -0.1) is 0 Å². The van der Waals surface area contributed by atoms with E-state index in [0.717, 1.165) is 16.6 Å². The third kappa shape index (κ3) is 1.55. The van der Waals surface area contributed by atoms with Gasteiger partial charge in [0, 0.05) is 12.5 Å². The highest BCUT2D eigenvalue weighted by molar-refractivity contribution is 5.76. The number of hydrogen-bond donors (Lipinski definition) is 2. The zero-order valence-electron chi connectivity index (χ0n) is 9.74. The van der Waals surface area contributed by atoms with E-state index in [-0.39, 0.29) is 17.7 Å². The predicted octanol–water partition coefficient (Wildman–Crippen LogP) is 1.14. The SMILES string of the molecule is Cn1c(=O)[nH]c2cc(C(C)(C)CO)ccc21. The van der Waals surface area contributed by atoms with Gasteiger partial charge < -0.3 is 10.1 Å². The van der Waals surface area contributed by atoms with Gasteiger partial charge >= 0.3 is 5.69 Å². The second-order valence-electron chi connectivity index (χ2n) is 4.76. The number of nitrogens with zero attached hydrogens (tertiary/aromatic N) is 1. The summed E-state index contributed by atoms with van der Waals surface area (Å²) in [4.78, 5) is 14.2. The van der Waals surface area contributed by atoms with Crippen LogP contribution in [0, 0.1) is 0 Å². The quantitative estimate of drug-likeness (QED) is 0.797. The Morgan fingerprint density at radius 2 is 2.12 bits per heavy atom. The van der Waals surface area contributed by atoms with Crippen LogP contribution in [0.4, 0.5) is 0 Å². The summed E-state index contributed by atoms with van der Waals surface area (Å²) in [5.74, 6) is 0. The lowest BCUT2D eigenvalue weighted by molar-refractivity contribution is 0.218. The van der Waals surface area contributed by atoms with E-state index < -0.39 is 0 Å². The number of aliphatic hydroxyl groups excluding tert-OH is 1. The van der Waals surface area contributed by atoms with Crippen molar-refractivity contribution in [3.05, 3.63) is 34.2 Å². The van der Waals surface area contributed by atoms with Crippen LogP contribution < -0.4 is 5.69 Å². The highest BCUT2D eigenvalue weighted by Gasteiger charge is 2.20. The average Bonchev–Trinajstić information content (AvgIpc) is 2.54. The van der Waals surface area contributed by atoms with Gasteiger partial charge in [0.15, 0.2) is 0 Å². The predicted molar refractivity (Wildman–Crippen MR) is 63.7 cm³/mol. The Kier molecular flexibility index (Phi) is 2.39. The fraction of sp³-hybridized carbons (Fsp3) is 0.417. The van der Waals surface area contributed by atoms with E-state index in [1.54, 1.807) is 11.6 Å². The Balaban J connectivity index is 2.66. The van der Waals surface area contributed by atoms with Crippen molar-refractivity contribution in [2.24, 2.45) is 7.05 Å². The summed E-state index contributed by atoms with van der Waals surface area (Å²) in [6, 6.07) is 5.78. The number of aromatic nitrogens is 2. The van der Waals surface area contributed by atoms with Crippen molar-refractivity contribution >= 4 is 11.0 Å². The zero-order chi connectivity index (χ0) is 11.9. The van der Waals surface area contributed by atoms with Crippen LogP contribution in [0.15, 0.2) is 23.0 Å². The molecule has 0 radical (unpaired) electrons. The Bertz CT molecular complexity index is 578. The molecule has 1 aromatic heterocycles. The molecule has 0 atom stereocenters. The van der Waals surface area contributed by atoms with Crippen molar-refractivity contribution in [3.8, 4) is 0 Å². The first-order valence-corrected chi connectivity index (χ1v) is 5.26. The number of aromatic amines is 1. The Hall–Kier alpha value is -1.55. The number of fused-ring (bicyclic) bond motifs is 1. The second kappa shape index (κ2) is 3.49. The molecule has 0 fully saturated rings. The molecule has 0 aliphatic heterocycles. The monoisotopic (exact) mass is 220 g/mol. The molecule has 0 unspecified atom stereocenters. The van der Waals surface area contributed by atoms with Crippen LogP contribution in [0.5, 0.6) is 0 Å². The van der Waals surface area contributed by atoms with E-state index in [9.17, 15) is 9.90 Å². The third-order valence-corrected chi connectivity index (χ3v) is 3.08. The standard InChI is InChI=1S/C12H16N2O2/c1-12(2,7-15)8-4-5-10-9(6-8)13-11(16)14(10)3/h4-6,15H,7H2,1-3H3,(H,13,16). The second-order valence-corrected chi connectivity index (χ2v) is 4.76. The van der Waals surface area contributed by atoms with Crippen LogP contribution in [0.3, 0.4) is 0 Å². The molecule has 0 saturated carbocycles. The van der Waals surface area contributed by atoms with Crippen LogP contribution in [0.1, 0.15) is 19.4 Å². The van der Waals surface area contributed by atoms with E-state index in [1.807, 2.05) is 32.0 Å². The third-order valence-electron chi connectivity index (χ3n) is 3.08. The molecule has 0 aliphatic carbocycles. The number of benzene rings is 1. The van der Waals surface area contributed by atoms with E-state index in [0.29, 0.717) is 0 Å². The van der Waals surface area contributed by atoms with E-state index in [1.165, 1.54) is 0 Å². The average molecular weight is 220 g/mol. The topological polar surface area (TPSA) is 58.0 Å². The van der Waals surface area contributed by atoms with Gasteiger partial charge in [-0.2, -0.15) is 0 Å². The first kappa shape index (κ1) is 11.0. The highest BCUT2D eigenvalue weighted by Crippen LogP contribution is 2.24. The highest BCUT2D eigenvalue weighted by atomic mass is 16.3. The number of imidazole rings is 1. The van der Waals surface area contributed by atoms with E-state index in [2.05, 4.69) is 4.98 Å². The zero-order valence-corrected chi connectivity index (χ0v) is 9.74. The Labute approximate surface area is 93.5 Å². The lowest BCUT2D eigenvalue weighted by Crippen LogP contribution is -2.21. The number of H-pyrrole nitrogens is 1. The van der Waals surface area contributed by atoms with Gasteiger partial charge in [-0.25, -0.2) is 4.79 Å². The lowest BCUT2D eigenvalue weighted by atomic mass is 9.85. The first-order valence-electron chi connectivity index (χ1n) is 5.26. The minimum Gasteiger partial charge on any atom is -0.395 e. The molecule has 0 amide bonds. The van der Waals surface area contributed by atoms with Crippen molar-refractivity contribution in [2.75, 3.05) is 6.61 Å². The van der Waals surface area contributed by atoms with Crippen molar-refractivity contribution in [3.63, 3.8) is 0 Å². The normalized spacial score (nSPS) is 12.2. The van der Waals surface area contributed by atoms with Crippen molar-refractivity contribution in [2.45, 2.75) is 19.3 Å². The number of rotatable bonds is 2. The molecule has 1 aromatic carbocycles. The van der Waals surface area contributed by atoms with Crippen molar-refractivity contribution in [1.82, 2.24) is 9.55 Å². The number of nitrogens with one attached hydrogen (secondary N) is 1. The molecule has 0 saturated heterocycles. The molecule has 0 spiro atoms. The lowest BCUT2D eigenvalue weighted by Gasteiger charge is -2.22. The Morgan fingerprint density at radius 3 is 2.75 bits per heavy atom. The van der Waals surface area contributed by atoms with Gasteiger partial charge in [-0.1, -0.05) is 19.9 Å². The first-order chi connectivity index (χ1) is 7.45. The molecule has 86 valence electrons. The fourth-order valence-corrected chi connectivity index (χ4v) is 1.75. The fourth-order valence-electron chi connectivity index (χ4n) is 1.75. The van der Waals surface area contributed by atoms with E-state index in [4.69, 9.17) is 0 Å². The Morgan fingerprint density at radius 1 is 1.44 bits per heavy atom. The van der Waals surface area contributed by atoms with Gasteiger partial charge in [0.25, 0.3) is 0 Å². The van der Waals surface area contributed by atoms with Gasteiger partial charge in [0.2, 0.25) is 0 Å². The number of hydrogen-bond acceptors (Lipinski definition) is 2. The summed E-state index contributed by atoms with van der Waals surface area (Å²) in [5, 5.41) is 9.30. The summed E-state index contributed by atoms with van der Waals surface area (Å²) >= 11 is 0. The number of aryl methyl sites for hydroxylation is 1. The smallest absolute Gasteiger partial charge is 0.326 e. The van der Waals surface area contributed by atoms with Crippen molar-refractivity contribution in [1.29, 1.82) is 0 Å². The summed E-state index contributed by atoms with van der Waals surface area (Å²) in [6.07, 6.45) is 0. The summed E-state index contributed by atoms with van der Waals surface area (Å²) < 4.78 is 1.57. The molecular formula is C12H16N2O2. The minimum atomic E-state index is -0.291. The van der Waals surface area contributed by atoms with Crippen molar-refractivity contribution < 1.29 is 5.11 Å². The minimum absolute atomic E-state index is 0.0789. The molecule has 16 heavy (non-hydrogen) atoms. The van der Waals surface area contributed by atoms with Gasteiger partial charge in [-0.05, 0) is 17.7 Å². The van der Waals surface area contributed by atoms with Gasteiger partial charge in [-0.3, -0.25) is 4.57 Å². The van der Waals surface area contributed by atoms with Gasteiger partial charge in [0.05, 0.1) is 17.6 Å². The summed E-state index contributed by atoms with van der Waals surface area (Å²) in [7, 11) is 1.73. The van der Waals surface area contributed by atoms with Gasteiger partial charge in [0.1, 0.15) is 0 Å². The maximum absolute atomic E-state index is 11.4. The van der Waals surface area contributed by atoms with Crippen LogP contribution in [0.25, 0.3) is 11.0 Å². The molecule has 0 aliphatic rings. The van der Waals surface area contributed by atoms with E-state index >= 15 is 0 Å². The van der Waals surface area contributed by atoms with Crippen LogP contribution in [-0.2, 0) is 12.5 Å². The molecule has 4 nitrogen and oxygen atoms in total. The molecule has 4 heteroatoms. The molecule has 2 aromatic rings. The molecular weight excluding hydrogens is 204 g/mol. The summed E-state index contributed by atoms with van der Waals surface area (Å²) in [5.41, 5.74) is 2.30. The molecule has 0 bridgehead atoms. The van der Waals surface area contributed by atoms with Crippen LogP contribution >= 0.6 is 0 Å². The van der Waals surface area contributed by atoms with Crippen LogP contribution in [-0.4, -0.2) is 21.3 Å². The molecule has 2 rings (SSSR count). The van der Waals surface area contributed by atoms with Crippen LogP contribution in [0.2, 0.25) is 0 Å². The summed E-state index contributed by atoms with van der Waals surface area (Å²) in [6.45, 7) is 4.01. The maximum Gasteiger partial charge on any atom is 0.326 e. The maximum atomic E-state index is 11.4.